The highest BCUT2D eigenvalue weighted by atomic mass is 32.2. The molecule has 0 aliphatic heterocycles. The first-order valence-corrected chi connectivity index (χ1v) is 7.52. The molecule has 1 aromatic carbocycles. The van der Waals surface area contributed by atoms with E-state index < -0.39 is 20.2 Å². The van der Waals surface area contributed by atoms with Gasteiger partial charge >= 0.3 is 5.51 Å². The van der Waals surface area contributed by atoms with Gasteiger partial charge in [-0.3, -0.25) is 0 Å². The molecule has 1 unspecified atom stereocenters. The van der Waals surface area contributed by atoms with Gasteiger partial charge in [0.2, 0.25) is 0 Å². The highest BCUT2D eigenvalue weighted by Crippen LogP contribution is 2.31. The number of alkyl halides is 3. The van der Waals surface area contributed by atoms with Gasteiger partial charge in [-0.2, -0.15) is 13.2 Å². The molecule has 0 amide bonds. The number of hydrogen-bond donors (Lipinski definition) is 1. The minimum absolute atomic E-state index is 0.0310. The van der Waals surface area contributed by atoms with Gasteiger partial charge < -0.3 is 5.32 Å². The van der Waals surface area contributed by atoms with Gasteiger partial charge in [0.25, 0.3) is 9.84 Å². The van der Waals surface area contributed by atoms with Crippen LogP contribution in [0.2, 0.25) is 0 Å². The smallest absolute Gasteiger partial charge is 0.382 e. The summed E-state index contributed by atoms with van der Waals surface area (Å²) < 4.78 is 59.5. The summed E-state index contributed by atoms with van der Waals surface area (Å²) in [7, 11) is -5.28. The lowest BCUT2D eigenvalue weighted by molar-refractivity contribution is -0.0436. The van der Waals surface area contributed by atoms with Crippen LogP contribution in [0.3, 0.4) is 0 Å². The van der Waals surface area contributed by atoms with Crippen LogP contribution in [0, 0.1) is 5.41 Å². The highest BCUT2D eigenvalue weighted by Gasteiger charge is 2.46. The lowest BCUT2D eigenvalue weighted by Gasteiger charge is -2.29. The van der Waals surface area contributed by atoms with E-state index in [9.17, 15) is 21.6 Å². The van der Waals surface area contributed by atoms with Crippen LogP contribution in [0.25, 0.3) is 0 Å². The fourth-order valence-corrected chi connectivity index (χ4v) is 2.09. The minimum Gasteiger partial charge on any atom is -0.382 e. The molecule has 0 bridgehead atoms. The molecule has 0 aliphatic rings. The van der Waals surface area contributed by atoms with Crippen LogP contribution < -0.4 is 5.32 Å². The van der Waals surface area contributed by atoms with Crippen molar-refractivity contribution in [1.29, 1.82) is 0 Å². The maximum absolute atomic E-state index is 12.4. The van der Waals surface area contributed by atoms with E-state index in [1.165, 1.54) is 12.1 Å². The third-order valence-electron chi connectivity index (χ3n) is 3.15. The Morgan fingerprint density at radius 1 is 1.05 bits per heavy atom. The fraction of sp³-hybridized carbons (Fsp3) is 0.538. The molecule has 114 valence electrons. The van der Waals surface area contributed by atoms with Crippen LogP contribution in [-0.4, -0.2) is 20.0 Å². The van der Waals surface area contributed by atoms with Gasteiger partial charge in [-0.1, -0.05) is 20.8 Å². The Hall–Kier alpha value is -1.24. The number of anilines is 1. The molecule has 20 heavy (non-hydrogen) atoms. The average molecular weight is 309 g/mol. The maximum atomic E-state index is 12.4. The Balaban J connectivity index is 2.97. The summed E-state index contributed by atoms with van der Waals surface area (Å²) in [5, 5.41) is 3.12. The number of rotatable bonds is 3. The Bertz CT molecular complexity index is 557. The van der Waals surface area contributed by atoms with Crippen LogP contribution in [-0.2, 0) is 9.84 Å². The minimum atomic E-state index is -5.28. The quantitative estimate of drug-likeness (QED) is 0.923. The Morgan fingerprint density at radius 2 is 1.50 bits per heavy atom. The zero-order chi connectivity index (χ0) is 15.8. The second-order valence-electron chi connectivity index (χ2n) is 5.71. The van der Waals surface area contributed by atoms with Crippen LogP contribution >= 0.6 is 0 Å². The second kappa shape index (κ2) is 5.27. The van der Waals surface area contributed by atoms with Gasteiger partial charge in [0.1, 0.15) is 0 Å². The molecule has 0 heterocycles. The molecule has 1 aromatic rings. The fourth-order valence-electron chi connectivity index (χ4n) is 1.33. The maximum Gasteiger partial charge on any atom is 0.501 e. The molecule has 0 saturated heterocycles. The Kier molecular flexibility index (Phi) is 4.43. The monoisotopic (exact) mass is 309 g/mol. The number of nitrogens with one attached hydrogen (secondary N) is 1. The van der Waals surface area contributed by atoms with Crippen molar-refractivity contribution < 1.29 is 21.6 Å². The van der Waals surface area contributed by atoms with E-state index in [4.69, 9.17) is 0 Å². The molecule has 0 fully saturated rings. The van der Waals surface area contributed by atoms with Crippen molar-refractivity contribution in [2.24, 2.45) is 5.41 Å². The highest BCUT2D eigenvalue weighted by molar-refractivity contribution is 7.92. The van der Waals surface area contributed by atoms with E-state index in [1.807, 2.05) is 27.7 Å². The predicted molar refractivity (Wildman–Crippen MR) is 72.2 cm³/mol. The summed E-state index contributed by atoms with van der Waals surface area (Å²) in [6.07, 6.45) is 0. The lowest BCUT2D eigenvalue weighted by Crippen LogP contribution is -2.30. The van der Waals surface area contributed by atoms with E-state index >= 15 is 0 Å². The van der Waals surface area contributed by atoms with E-state index in [1.54, 1.807) is 0 Å². The molecule has 0 saturated carbocycles. The van der Waals surface area contributed by atoms with Crippen molar-refractivity contribution in [1.82, 2.24) is 0 Å². The molecule has 7 heteroatoms. The largest absolute Gasteiger partial charge is 0.501 e. The van der Waals surface area contributed by atoms with Crippen molar-refractivity contribution in [3.8, 4) is 0 Å². The summed E-state index contributed by atoms with van der Waals surface area (Å²) in [6, 6.07) is 4.66. The van der Waals surface area contributed by atoms with Crippen LogP contribution in [0.15, 0.2) is 29.2 Å². The molecule has 0 aromatic heterocycles. The van der Waals surface area contributed by atoms with Crippen molar-refractivity contribution in [2.45, 2.75) is 44.1 Å². The lowest BCUT2D eigenvalue weighted by atomic mass is 9.88. The molecule has 1 N–H and O–H groups in total. The topological polar surface area (TPSA) is 46.2 Å². The predicted octanol–water partition coefficient (Wildman–Crippen LogP) is 3.83. The summed E-state index contributed by atoms with van der Waals surface area (Å²) in [4.78, 5) is -0.751. The van der Waals surface area contributed by atoms with E-state index in [0.717, 1.165) is 12.1 Å². The Morgan fingerprint density at radius 3 is 1.85 bits per heavy atom. The summed E-state index contributed by atoms with van der Waals surface area (Å²) in [5.74, 6) is 0. The van der Waals surface area contributed by atoms with Gasteiger partial charge in [0, 0.05) is 11.7 Å². The van der Waals surface area contributed by atoms with Gasteiger partial charge in [-0.25, -0.2) is 8.42 Å². The molecular formula is C13H18F3NO2S. The van der Waals surface area contributed by atoms with Crippen molar-refractivity contribution >= 4 is 15.5 Å². The third kappa shape index (κ3) is 3.65. The molecule has 0 aliphatic carbocycles. The van der Waals surface area contributed by atoms with Gasteiger partial charge in [-0.15, -0.1) is 0 Å². The molecular weight excluding hydrogens is 291 g/mol. The van der Waals surface area contributed by atoms with Crippen molar-refractivity contribution in [2.75, 3.05) is 5.32 Å². The number of sulfone groups is 1. The van der Waals surface area contributed by atoms with E-state index in [0.29, 0.717) is 5.69 Å². The van der Waals surface area contributed by atoms with E-state index in [-0.39, 0.29) is 11.5 Å². The first-order chi connectivity index (χ1) is 8.85. The molecule has 3 nitrogen and oxygen atoms in total. The first-order valence-electron chi connectivity index (χ1n) is 6.03. The zero-order valence-electron chi connectivity index (χ0n) is 11.7. The standard InChI is InChI=1S/C13H18F3NO2S/c1-9(12(2,3)4)17-10-5-7-11(8-6-10)20(18,19)13(14,15)16/h5-9,17H,1-4H3. The first kappa shape index (κ1) is 16.8. The number of halogens is 3. The summed E-state index contributed by atoms with van der Waals surface area (Å²) in [6.45, 7) is 8.01. The molecule has 1 atom stereocenters. The zero-order valence-corrected chi connectivity index (χ0v) is 12.6. The SMILES string of the molecule is CC(Nc1ccc(S(=O)(=O)C(F)(F)F)cc1)C(C)(C)C. The van der Waals surface area contributed by atoms with Crippen LogP contribution in [0.5, 0.6) is 0 Å². The Labute approximate surface area is 117 Å². The normalized spacial score (nSPS) is 14.9. The van der Waals surface area contributed by atoms with Gasteiger partial charge in [-0.05, 0) is 36.6 Å². The summed E-state index contributed by atoms with van der Waals surface area (Å²) in [5.41, 5.74) is -4.73. The van der Waals surface area contributed by atoms with Crippen molar-refractivity contribution in [3.63, 3.8) is 0 Å². The average Bonchev–Trinajstić information content (AvgIpc) is 2.26. The van der Waals surface area contributed by atoms with Crippen molar-refractivity contribution in [3.05, 3.63) is 24.3 Å². The van der Waals surface area contributed by atoms with E-state index in [2.05, 4.69) is 5.32 Å². The van der Waals surface area contributed by atoms with Gasteiger partial charge in [0.15, 0.2) is 0 Å². The molecule has 1 rings (SSSR count). The number of hydrogen-bond acceptors (Lipinski definition) is 3. The molecule has 0 spiro atoms. The second-order valence-corrected chi connectivity index (χ2v) is 7.65. The summed E-state index contributed by atoms with van der Waals surface area (Å²) >= 11 is 0. The number of benzene rings is 1. The van der Waals surface area contributed by atoms with Crippen LogP contribution in [0.1, 0.15) is 27.7 Å². The molecule has 0 radical (unpaired) electrons. The van der Waals surface area contributed by atoms with Gasteiger partial charge in [0.05, 0.1) is 4.90 Å². The van der Waals surface area contributed by atoms with Crippen LogP contribution in [0.4, 0.5) is 18.9 Å². The third-order valence-corrected chi connectivity index (χ3v) is 4.65.